The molecule has 15 heavy (non-hydrogen) atoms. The summed E-state index contributed by atoms with van der Waals surface area (Å²) in [5, 5.41) is 3.49. The van der Waals surface area contributed by atoms with Crippen molar-refractivity contribution in [2.75, 3.05) is 37.0 Å². The van der Waals surface area contributed by atoms with E-state index in [0.29, 0.717) is 5.50 Å². The summed E-state index contributed by atoms with van der Waals surface area (Å²) in [6.45, 7) is 2.23. The third kappa shape index (κ3) is 1.40. The van der Waals surface area contributed by atoms with Gasteiger partial charge in [0, 0.05) is 37.8 Å². The largest absolute Gasteiger partial charge is 0.378 e. The van der Waals surface area contributed by atoms with Crippen LogP contribution in [0.3, 0.4) is 0 Å². The Kier molecular flexibility index (Phi) is 2.07. The minimum Gasteiger partial charge on any atom is -0.378 e. The second kappa shape index (κ2) is 3.32. The molecule has 1 aromatic carbocycles. The van der Waals surface area contributed by atoms with Crippen molar-refractivity contribution in [2.24, 2.45) is 0 Å². The molecule has 0 aromatic heterocycles. The van der Waals surface area contributed by atoms with Gasteiger partial charge in [0.25, 0.3) is 0 Å². The average Bonchev–Trinajstić information content (AvgIpc) is 2.75. The van der Waals surface area contributed by atoms with Crippen LogP contribution < -0.4 is 15.1 Å². The SMILES string of the molecule is CN(C)c1ccc2c(c1)N1CCNC1S2. The van der Waals surface area contributed by atoms with Gasteiger partial charge in [-0.2, -0.15) is 0 Å². The highest BCUT2D eigenvalue weighted by Crippen LogP contribution is 2.44. The molecule has 1 saturated heterocycles. The molecule has 1 unspecified atom stereocenters. The fourth-order valence-electron chi connectivity index (χ4n) is 2.12. The molecule has 0 bridgehead atoms. The first kappa shape index (κ1) is 9.36. The smallest absolute Gasteiger partial charge is 0.133 e. The van der Waals surface area contributed by atoms with Crippen LogP contribution in [-0.2, 0) is 0 Å². The second-order valence-corrected chi connectivity index (χ2v) is 5.29. The molecule has 4 heteroatoms. The number of rotatable bonds is 1. The minimum absolute atomic E-state index is 0.470. The quantitative estimate of drug-likeness (QED) is 0.775. The van der Waals surface area contributed by atoms with E-state index in [-0.39, 0.29) is 0 Å². The molecule has 1 fully saturated rings. The van der Waals surface area contributed by atoms with Gasteiger partial charge in [-0.15, -0.1) is 0 Å². The van der Waals surface area contributed by atoms with Crippen LogP contribution in [0.1, 0.15) is 0 Å². The summed E-state index contributed by atoms with van der Waals surface area (Å²) in [5.41, 5.74) is 3.14. The number of fused-ring (bicyclic) bond motifs is 3. The number of hydrogen-bond acceptors (Lipinski definition) is 4. The molecule has 3 rings (SSSR count). The molecule has 0 radical (unpaired) electrons. The number of hydrogen-bond donors (Lipinski definition) is 1. The van der Waals surface area contributed by atoms with Crippen molar-refractivity contribution in [3.63, 3.8) is 0 Å². The van der Waals surface area contributed by atoms with Crippen molar-refractivity contribution in [3.05, 3.63) is 18.2 Å². The van der Waals surface area contributed by atoms with Gasteiger partial charge in [0.1, 0.15) is 5.50 Å². The van der Waals surface area contributed by atoms with Gasteiger partial charge in [0.2, 0.25) is 0 Å². The zero-order valence-corrected chi connectivity index (χ0v) is 9.84. The lowest BCUT2D eigenvalue weighted by molar-refractivity contribution is 0.809. The molecular weight excluding hydrogens is 206 g/mol. The molecule has 0 spiro atoms. The maximum Gasteiger partial charge on any atom is 0.133 e. The molecule has 3 nitrogen and oxygen atoms in total. The fraction of sp³-hybridized carbons (Fsp3) is 0.455. The minimum atomic E-state index is 0.470. The van der Waals surface area contributed by atoms with Gasteiger partial charge in [-0.3, -0.25) is 5.32 Å². The van der Waals surface area contributed by atoms with Crippen LogP contribution in [0.2, 0.25) is 0 Å². The summed E-state index contributed by atoms with van der Waals surface area (Å²) in [7, 11) is 4.17. The van der Waals surface area contributed by atoms with Crippen molar-refractivity contribution in [1.29, 1.82) is 0 Å². The summed E-state index contributed by atoms with van der Waals surface area (Å²) < 4.78 is 0. The maximum absolute atomic E-state index is 3.49. The molecule has 0 saturated carbocycles. The van der Waals surface area contributed by atoms with Gasteiger partial charge >= 0.3 is 0 Å². The Morgan fingerprint density at radius 3 is 3.13 bits per heavy atom. The first-order chi connectivity index (χ1) is 7.25. The first-order valence-electron chi connectivity index (χ1n) is 5.24. The van der Waals surface area contributed by atoms with Crippen LogP contribution in [0.4, 0.5) is 11.4 Å². The highest BCUT2D eigenvalue weighted by molar-refractivity contribution is 8.00. The van der Waals surface area contributed by atoms with Crippen LogP contribution in [0, 0.1) is 0 Å². The van der Waals surface area contributed by atoms with Crippen LogP contribution in [0.25, 0.3) is 0 Å². The van der Waals surface area contributed by atoms with Crippen molar-refractivity contribution >= 4 is 23.1 Å². The first-order valence-corrected chi connectivity index (χ1v) is 6.12. The Morgan fingerprint density at radius 2 is 2.33 bits per heavy atom. The van der Waals surface area contributed by atoms with Gasteiger partial charge in [-0.1, -0.05) is 11.8 Å². The number of benzene rings is 1. The van der Waals surface area contributed by atoms with E-state index < -0.39 is 0 Å². The predicted molar refractivity (Wildman–Crippen MR) is 65.8 cm³/mol. The number of nitrogens with one attached hydrogen (secondary N) is 1. The summed E-state index contributed by atoms with van der Waals surface area (Å²) in [4.78, 5) is 6.01. The van der Waals surface area contributed by atoms with Crippen molar-refractivity contribution in [3.8, 4) is 0 Å². The van der Waals surface area contributed by atoms with Crippen molar-refractivity contribution in [1.82, 2.24) is 5.32 Å². The Bertz CT molecular complexity index is 391. The Hall–Kier alpha value is -0.870. The molecule has 1 N–H and O–H groups in total. The molecule has 2 aliphatic heterocycles. The fourth-order valence-corrected chi connectivity index (χ4v) is 3.35. The molecule has 1 aromatic rings. The van der Waals surface area contributed by atoms with E-state index >= 15 is 0 Å². The highest BCUT2D eigenvalue weighted by Gasteiger charge is 2.33. The zero-order chi connectivity index (χ0) is 10.4. The molecule has 0 aliphatic carbocycles. The van der Waals surface area contributed by atoms with Gasteiger partial charge in [-0.05, 0) is 18.2 Å². The standard InChI is InChI=1S/C11H15N3S/c1-13(2)8-3-4-10-9(7-8)14-6-5-12-11(14)15-10/h3-4,7,11-12H,5-6H2,1-2H3. The lowest BCUT2D eigenvalue weighted by atomic mass is 10.2. The van der Waals surface area contributed by atoms with Gasteiger partial charge < -0.3 is 9.80 Å². The van der Waals surface area contributed by atoms with Crippen LogP contribution in [-0.4, -0.2) is 32.7 Å². The van der Waals surface area contributed by atoms with Crippen LogP contribution in [0.5, 0.6) is 0 Å². The topological polar surface area (TPSA) is 18.5 Å². The summed E-state index contributed by atoms with van der Waals surface area (Å²) in [6.07, 6.45) is 0. The van der Waals surface area contributed by atoms with Crippen molar-refractivity contribution in [2.45, 2.75) is 10.4 Å². The molecule has 1 atom stereocenters. The Labute approximate surface area is 94.4 Å². The van der Waals surface area contributed by atoms with E-state index in [1.54, 1.807) is 0 Å². The molecule has 2 aliphatic rings. The number of anilines is 2. The molecule has 2 heterocycles. The molecule has 0 amide bonds. The highest BCUT2D eigenvalue weighted by atomic mass is 32.2. The number of thioether (sulfide) groups is 1. The molecule has 80 valence electrons. The summed E-state index contributed by atoms with van der Waals surface area (Å²) in [5.74, 6) is 0. The van der Waals surface area contributed by atoms with Gasteiger partial charge in [-0.25, -0.2) is 0 Å². The van der Waals surface area contributed by atoms with Crippen molar-refractivity contribution < 1.29 is 0 Å². The monoisotopic (exact) mass is 221 g/mol. The third-order valence-corrected chi connectivity index (χ3v) is 4.21. The van der Waals surface area contributed by atoms with Crippen LogP contribution >= 0.6 is 11.8 Å². The Balaban J connectivity index is 2.01. The van der Waals surface area contributed by atoms with E-state index in [9.17, 15) is 0 Å². The van der Waals surface area contributed by atoms with E-state index in [4.69, 9.17) is 0 Å². The van der Waals surface area contributed by atoms with E-state index in [0.717, 1.165) is 13.1 Å². The third-order valence-electron chi connectivity index (χ3n) is 2.96. The van der Waals surface area contributed by atoms with E-state index in [1.165, 1.54) is 16.3 Å². The predicted octanol–water partition coefficient (Wildman–Crippen LogP) is 1.55. The molecular formula is C11H15N3S. The maximum atomic E-state index is 3.49. The summed E-state index contributed by atoms with van der Waals surface area (Å²) >= 11 is 1.92. The number of nitrogens with zero attached hydrogens (tertiary/aromatic N) is 2. The second-order valence-electron chi connectivity index (χ2n) is 4.16. The van der Waals surface area contributed by atoms with Gasteiger partial charge in [0.15, 0.2) is 0 Å². The van der Waals surface area contributed by atoms with Crippen LogP contribution in [0.15, 0.2) is 23.1 Å². The average molecular weight is 221 g/mol. The van der Waals surface area contributed by atoms with Gasteiger partial charge in [0.05, 0.1) is 5.69 Å². The lowest BCUT2D eigenvalue weighted by Gasteiger charge is -2.19. The normalized spacial score (nSPS) is 22.8. The van der Waals surface area contributed by atoms with E-state index in [2.05, 4.69) is 47.4 Å². The summed E-state index contributed by atoms with van der Waals surface area (Å²) in [6, 6.07) is 6.71. The Morgan fingerprint density at radius 1 is 1.47 bits per heavy atom. The zero-order valence-electron chi connectivity index (χ0n) is 9.03. The van der Waals surface area contributed by atoms with E-state index in [1.807, 2.05) is 11.8 Å². The lowest BCUT2D eigenvalue weighted by Crippen LogP contribution is -2.28.